The van der Waals surface area contributed by atoms with Gasteiger partial charge in [0.15, 0.2) is 0 Å². The van der Waals surface area contributed by atoms with Crippen molar-refractivity contribution in [3.8, 4) is 11.5 Å². The van der Waals surface area contributed by atoms with Crippen LogP contribution in [0.3, 0.4) is 0 Å². The molecular formula is C23H36O3. The molecule has 0 aromatic heterocycles. The third-order valence-corrected chi connectivity index (χ3v) is 4.50. The van der Waals surface area contributed by atoms with E-state index in [1.807, 2.05) is 13.8 Å². The average Bonchev–Trinajstić information content (AvgIpc) is 2.61. The predicted octanol–water partition coefficient (Wildman–Crippen LogP) is 6.90. The van der Waals surface area contributed by atoms with Crippen LogP contribution in [0.5, 0.6) is 11.5 Å². The van der Waals surface area contributed by atoms with Crippen molar-refractivity contribution in [1.29, 1.82) is 0 Å². The number of rotatable bonds is 13. The van der Waals surface area contributed by atoms with Crippen LogP contribution >= 0.6 is 0 Å². The van der Waals surface area contributed by atoms with Gasteiger partial charge < -0.3 is 9.84 Å². The Balaban J connectivity index is 2.12. The highest BCUT2D eigenvalue weighted by molar-refractivity contribution is 5.72. The van der Waals surface area contributed by atoms with Crippen molar-refractivity contribution in [2.45, 2.75) is 90.9 Å². The summed E-state index contributed by atoms with van der Waals surface area (Å²) in [4.78, 5) is 11.9. The summed E-state index contributed by atoms with van der Waals surface area (Å²) in [6.07, 6.45) is 15.6. The van der Waals surface area contributed by atoms with Crippen LogP contribution in [0.25, 0.3) is 0 Å². The second-order valence-electron chi connectivity index (χ2n) is 7.27. The number of carbonyl (C=O) groups excluding carboxylic acids is 1. The molecule has 0 unspecified atom stereocenters. The Bertz CT molecular complexity index is 546. The number of unbranched alkanes of at least 4 members (excludes halogenated alkanes) is 7. The first-order valence-electron chi connectivity index (χ1n) is 10.2. The lowest BCUT2D eigenvalue weighted by molar-refractivity contribution is -0.134. The molecule has 1 aromatic carbocycles. The predicted molar refractivity (Wildman–Crippen MR) is 109 cm³/mol. The van der Waals surface area contributed by atoms with Crippen LogP contribution in [0.1, 0.15) is 96.5 Å². The van der Waals surface area contributed by atoms with E-state index in [4.69, 9.17) is 4.74 Å². The maximum Gasteiger partial charge on any atom is 0.311 e. The van der Waals surface area contributed by atoms with Gasteiger partial charge in [-0.2, -0.15) is 0 Å². The van der Waals surface area contributed by atoms with Crippen molar-refractivity contribution in [1.82, 2.24) is 0 Å². The maximum absolute atomic E-state index is 11.9. The Morgan fingerprint density at radius 3 is 2.38 bits per heavy atom. The first-order valence-corrected chi connectivity index (χ1v) is 10.2. The molecular weight excluding hydrogens is 324 g/mol. The van der Waals surface area contributed by atoms with Crippen molar-refractivity contribution in [2.24, 2.45) is 0 Å². The third kappa shape index (κ3) is 9.65. The molecule has 1 N–H and O–H groups in total. The first kappa shape index (κ1) is 22.3. The smallest absolute Gasteiger partial charge is 0.311 e. The van der Waals surface area contributed by atoms with Gasteiger partial charge >= 0.3 is 5.97 Å². The minimum atomic E-state index is -0.191. The van der Waals surface area contributed by atoms with Crippen molar-refractivity contribution in [3.63, 3.8) is 0 Å². The molecule has 146 valence electrons. The SMILES string of the molecule is CCCC/C=C\CCCCCCCC(=O)Oc1ccc(O)c(C(C)C)c1. The summed E-state index contributed by atoms with van der Waals surface area (Å²) >= 11 is 0. The van der Waals surface area contributed by atoms with Gasteiger partial charge in [-0.05, 0) is 49.8 Å². The van der Waals surface area contributed by atoms with E-state index in [1.165, 1.54) is 44.9 Å². The summed E-state index contributed by atoms with van der Waals surface area (Å²) in [7, 11) is 0. The molecule has 0 saturated carbocycles. The highest BCUT2D eigenvalue weighted by atomic mass is 16.5. The first-order chi connectivity index (χ1) is 12.5. The van der Waals surface area contributed by atoms with Gasteiger partial charge in [-0.1, -0.05) is 65.0 Å². The minimum absolute atomic E-state index is 0.190. The molecule has 0 aliphatic rings. The zero-order valence-electron chi connectivity index (χ0n) is 16.8. The summed E-state index contributed by atoms with van der Waals surface area (Å²) < 4.78 is 5.39. The number of esters is 1. The highest BCUT2D eigenvalue weighted by Crippen LogP contribution is 2.29. The lowest BCUT2D eigenvalue weighted by Gasteiger charge is -2.11. The van der Waals surface area contributed by atoms with E-state index in [2.05, 4.69) is 19.1 Å². The van der Waals surface area contributed by atoms with Gasteiger partial charge in [0, 0.05) is 12.0 Å². The van der Waals surface area contributed by atoms with Crippen LogP contribution in [0, 0.1) is 0 Å². The number of hydrogen-bond acceptors (Lipinski definition) is 3. The number of carbonyl (C=O) groups is 1. The van der Waals surface area contributed by atoms with Crippen molar-refractivity contribution >= 4 is 5.97 Å². The molecule has 0 heterocycles. The molecule has 0 amide bonds. The van der Waals surface area contributed by atoms with Gasteiger partial charge in [-0.15, -0.1) is 0 Å². The number of phenols is 1. The van der Waals surface area contributed by atoms with Gasteiger partial charge in [0.25, 0.3) is 0 Å². The van der Waals surface area contributed by atoms with Crippen LogP contribution in [-0.2, 0) is 4.79 Å². The Morgan fingerprint density at radius 2 is 1.69 bits per heavy atom. The molecule has 0 saturated heterocycles. The number of ether oxygens (including phenoxy) is 1. The molecule has 0 atom stereocenters. The van der Waals surface area contributed by atoms with Crippen molar-refractivity contribution < 1.29 is 14.6 Å². The average molecular weight is 361 g/mol. The van der Waals surface area contributed by atoms with Crippen LogP contribution in [-0.4, -0.2) is 11.1 Å². The number of aromatic hydroxyl groups is 1. The Morgan fingerprint density at radius 1 is 1.04 bits per heavy atom. The highest BCUT2D eigenvalue weighted by Gasteiger charge is 2.10. The molecule has 1 rings (SSSR count). The van der Waals surface area contributed by atoms with Gasteiger partial charge in [0.2, 0.25) is 0 Å². The lowest BCUT2D eigenvalue weighted by Crippen LogP contribution is -2.07. The Kier molecular flexibility index (Phi) is 11.5. The molecule has 0 radical (unpaired) electrons. The van der Waals surface area contributed by atoms with Crippen LogP contribution in [0.15, 0.2) is 30.4 Å². The largest absolute Gasteiger partial charge is 0.508 e. The molecule has 0 spiro atoms. The van der Waals surface area contributed by atoms with E-state index in [0.29, 0.717) is 12.2 Å². The number of allylic oxidation sites excluding steroid dienone is 2. The summed E-state index contributed by atoms with van der Waals surface area (Å²) in [6.45, 7) is 6.22. The second kappa shape index (κ2) is 13.4. The van der Waals surface area contributed by atoms with E-state index in [-0.39, 0.29) is 17.6 Å². The van der Waals surface area contributed by atoms with E-state index in [0.717, 1.165) is 18.4 Å². The fourth-order valence-electron chi connectivity index (χ4n) is 2.86. The fourth-order valence-corrected chi connectivity index (χ4v) is 2.86. The zero-order chi connectivity index (χ0) is 19.2. The van der Waals surface area contributed by atoms with Crippen LogP contribution in [0.2, 0.25) is 0 Å². The van der Waals surface area contributed by atoms with Gasteiger partial charge in [-0.3, -0.25) is 4.79 Å². The second-order valence-corrected chi connectivity index (χ2v) is 7.27. The quantitative estimate of drug-likeness (QED) is 0.180. The molecule has 0 fully saturated rings. The van der Waals surface area contributed by atoms with Gasteiger partial charge in [-0.25, -0.2) is 0 Å². The number of phenolic OH excluding ortho intramolecular Hbond substituents is 1. The summed E-state index contributed by atoms with van der Waals surface area (Å²) in [5, 5.41) is 9.81. The van der Waals surface area contributed by atoms with E-state index < -0.39 is 0 Å². The zero-order valence-corrected chi connectivity index (χ0v) is 16.8. The Labute approximate surface area is 159 Å². The molecule has 26 heavy (non-hydrogen) atoms. The molecule has 1 aromatic rings. The van der Waals surface area contributed by atoms with Crippen LogP contribution in [0.4, 0.5) is 0 Å². The molecule has 0 aliphatic carbocycles. The standard InChI is InChI=1S/C23H36O3/c1-4-5-6-7-8-9-10-11-12-13-14-15-23(25)26-20-16-17-22(24)21(18-20)19(2)3/h7-8,16-19,24H,4-6,9-15H2,1-3H3/b8-7-. The molecule has 3 nitrogen and oxygen atoms in total. The van der Waals surface area contributed by atoms with E-state index >= 15 is 0 Å². The van der Waals surface area contributed by atoms with Crippen molar-refractivity contribution in [3.05, 3.63) is 35.9 Å². The third-order valence-electron chi connectivity index (χ3n) is 4.50. The number of benzene rings is 1. The summed E-state index contributed by atoms with van der Waals surface area (Å²) in [5.41, 5.74) is 0.805. The molecule has 0 bridgehead atoms. The summed E-state index contributed by atoms with van der Waals surface area (Å²) in [6, 6.07) is 4.99. The monoisotopic (exact) mass is 360 g/mol. The minimum Gasteiger partial charge on any atom is -0.508 e. The maximum atomic E-state index is 11.9. The van der Waals surface area contributed by atoms with Crippen molar-refractivity contribution in [2.75, 3.05) is 0 Å². The molecule has 0 aliphatic heterocycles. The molecule has 3 heteroatoms. The van der Waals surface area contributed by atoms with Gasteiger partial charge in [0.1, 0.15) is 11.5 Å². The van der Waals surface area contributed by atoms with Gasteiger partial charge in [0.05, 0.1) is 0 Å². The van der Waals surface area contributed by atoms with Crippen LogP contribution < -0.4 is 4.74 Å². The summed E-state index contributed by atoms with van der Waals surface area (Å²) in [5.74, 6) is 0.769. The topological polar surface area (TPSA) is 46.5 Å². The number of hydrogen-bond donors (Lipinski definition) is 1. The lowest BCUT2D eigenvalue weighted by atomic mass is 10.0. The Hall–Kier alpha value is -1.77. The fraction of sp³-hybridized carbons (Fsp3) is 0.609. The van der Waals surface area contributed by atoms with E-state index in [1.54, 1.807) is 18.2 Å². The van der Waals surface area contributed by atoms with E-state index in [9.17, 15) is 9.90 Å². The normalized spacial score (nSPS) is 11.4.